The van der Waals surface area contributed by atoms with Crippen molar-refractivity contribution >= 4 is 11.4 Å². The molecule has 1 N–H and O–H groups in total. The molecule has 0 aromatic heterocycles. The van der Waals surface area contributed by atoms with Crippen LogP contribution in [0.4, 0.5) is 15.8 Å². The molecule has 0 saturated carbocycles. The summed E-state index contributed by atoms with van der Waals surface area (Å²) in [7, 11) is 0. The van der Waals surface area contributed by atoms with E-state index in [0.29, 0.717) is 11.3 Å². The zero-order valence-electron chi connectivity index (χ0n) is 11.9. The fourth-order valence-corrected chi connectivity index (χ4v) is 2.13. The van der Waals surface area contributed by atoms with Gasteiger partial charge in [0.1, 0.15) is 5.82 Å². The van der Waals surface area contributed by atoms with Crippen LogP contribution in [0.2, 0.25) is 0 Å². The van der Waals surface area contributed by atoms with Crippen molar-refractivity contribution in [3.8, 4) is 6.07 Å². The van der Waals surface area contributed by atoms with Crippen LogP contribution in [0, 0.1) is 17.1 Å². The zero-order valence-corrected chi connectivity index (χ0v) is 11.9. The largest absolute Gasteiger partial charge is 0.355 e. The minimum absolute atomic E-state index is 0.0189. The minimum atomic E-state index is -0.417. The Labute approximate surface area is 118 Å². The molecule has 2 aromatic rings. The van der Waals surface area contributed by atoms with E-state index >= 15 is 0 Å². The van der Waals surface area contributed by atoms with Crippen molar-refractivity contribution in [3.05, 3.63) is 59.4 Å². The molecular weight excluding hydrogens is 251 g/mol. The first kappa shape index (κ1) is 14.1. The van der Waals surface area contributed by atoms with Crippen molar-refractivity contribution in [2.45, 2.75) is 26.2 Å². The smallest absolute Gasteiger partial charge is 0.126 e. The summed E-state index contributed by atoms with van der Waals surface area (Å²) in [6.07, 6.45) is 0. The Morgan fingerprint density at radius 2 is 1.80 bits per heavy atom. The van der Waals surface area contributed by atoms with E-state index in [1.807, 2.05) is 30.3 Å². The molecule has 0 heterocycles. The van der Waals surface area contributed by atoms with Gasteiger partial charge in [-0.05, 0) is 35.2 Å². The van der Waals surface area contributed by atoms with Gasteiger partial charge in [0.25, 0.3) is 0 Å². The number of nitrogens with zero attached hydrogens (tertiary/aromatic N) is 1. The first-order valence-corrected chi connectivity index (χ1v) is 6.47. The highest BCUT2D eigenvalue weighted by atomic mass is 19.1. The van der Waals surface area contributed by atoms with Crippen molar-refractivity contribution in [2.24, 2.45) is 0 Å². The summed E-state index contributed by atoms with van der Waals surface area (Å²) in [4.78, 5) is 0. The average Bonchev–Trinajstić information content (AvgIpc) is 2.37. The lowest BCUT2D eigenvalue weighted by atomic mass is 9.86. The Hall–Kier alpha value is -2.34. The van der Waals surface area contributed by atoms with Crippen LogP contribution in [0.3, 0.4) is 0 Å². The van der Waals surface area contributed by atoms with E-state index in [9.17, 15) is 4.39 Å². The van der Waals surface area contributed by atoms with Crippen LogP contribution in [0.5, 0.6) is 0 Å². The predicted octanol–water partition coefficient (Wildman–Crippen LogP) is 4.74. The van der Waals surface area contributed by atoms with Crippen LogP contribution in [0.25, 0.3) is 0 Å². The number of nitriles is 1. The number of hydrogen-bond acceptors (Lipinski definition) is 2. The molecule has 0 aliphatic heterocycles. The van der Waals surface area contributed by atoms with Gasteiger partial charge in [-0.15, -0.1) is 0 Å². The van der Waals surface area contributed by atoms with E-state index in [1.165, 1.54) is 12.1 Å². The van der Waals surface area contributed by atoms with E-state index < -0.39 is 5.82 Å². The van der Waals surface area contributed by atoms with Crippen LogP contribution < -0.4 is 5.32 Å². The van der Waals surface area contributed by atoms with Gasteiger partial charge < -0.3 is 5.32 Å². The fraction of sp³-hybridized carbons (Fsp3) is 0.235. The van der Waals surface area contributed by atoms with Crippen LogP contribution in [-0.4, -0.2) is 0 Å². The van der Waals surface area contributed by atoms with Crippen LogP contribution >= 0.6 is 0 Å². The minimum Gasteiger partial charge on any atom is -0.355 e. The highest BCUT2D eigenvalue weighted by Gasteiger charge is 2.17. The molecule has 2 nitrogen and oxygen atoms in total. The quantitative estimate of drug-likeness (QED) is 0.854. The van der Waals surface area contributed by atoms with Crippen LogP contribution in [0.1, 0.15) is 31.9 Å². The van der Waals surface area contributed by atoms with Gasteiger partial charge in [0.2, 0.25) is 0 Å². The van der Waals surface area contributed by atoms with E-state index in [0.717, 1.165) is 11.3 Å². The van der Waals surface area contributed by atoms with Gasteiger partial charge in [-0.3, -0.25) is 0 Å². The number of para-hydroxylation sites is 1. The molecule has 20 heavy (non-hydrogen) atoms. The number of halogens is 1. The van der Waals surface area contributed by atoms with Crippen molar-refractivity contribution in [1.29, 1.82) is 5.26 Å². The van der Waals surface area contributed by atoms with Gasteiger partial charge in [0.15, 0.2) is 0 Å². The fourth-order valence-electron chi connectivity index (χ4n) is 2.13. The van der Waals surface area contributed by atoms with E-state index in [1.54, 1.807) is 6.07 Å². The maximum absolute atomic E-state index is 13.5. The maximum Gasteiger partial charge on any atom is 0.126 e. The summed E-state index contributed by atoms with van der Waals surface area (Å²) in [6, 6.07) is 14.1. The topological polar surface area (TPSA) is 35.8 Å². The molecule has 3 heteroatoms. The summed E-state index contributed by atoms with van der Waals surface area (Å²) < 4.78 is 13.5. The zero-order chi connectivity index (χ0) is 14.8. The number of benzene rings is 2. The normalized spacial score (nSPS) is 10.9. The van der Waals surface area contributed by atoms with Crippen LogP contribution in [0.15, 0.2) is 42.5 Å². The average molecular weight is 268 g/mol. The van der Waals surface area contributed by atoms with Gasteiger partial charge in [-0.1, -0.05) is 39.0 Å². The second-order valence-corrected chi connectivity index (χ2v) is 5.76. The molecule has 2 rings (SSSR count). The third-order valence-electron chi connectivity index (χ3n) is 3.04. The van der Waals surface area contributed by atoms with Crippen molar-refractivity contribution in [3.63, 3.8) is 0 Å². The van der Waals surface area contributed by atoms with Gasteiger partial charge in [-0.2, -0.15) is 5.26 Å². The molecule has 0 fully saturated rings. The maximum atomic E-state index is 13.5. The molecule has 0 atom stereocenters. The first-order chi connectivity index (χ1) is 9.40. The SMILES string of the molecule is CC(C)(C)c1ccccc1Nc1cc(F)cc(C#N)c1. The van der Waals surface area contributed by atoms with Crippen molar-refractivity contribution < 1.29 is 4.39 Å². The summed E-state index contributed by atoms with van der Waals surface area (Å²) >= 11 is 0. The molecule has 0 spiro atoms. The predicted molar refractivity (Wildman–Crippen MR) is 79.5 cm³/mol. The Morgan fingerprint density at radius 3 is 2.45 bits per heavy atom. The van der Waals surface area contributed by atoms with Gasteiger partial charge >= 0.3 is 0 Å². The van der Waals surface area contributed by atoms with Gasteiger partial charge in [-0.25, -0.2) is 4.39 Å². The van der Waals surface area contributed by atoms with Crippen molar-refractivity contribution in [2.75, 3.05) is 5.32 Å². The third kappa shape index (κ3) is 3.16. The molecule has 102 valence electrons. The number of nitrogens with one attached hydrogen (secondary N) is 1. The number of hydrogen-bond donors (Lipinski definition) is 1. The number of rotatable bonds is 2. The molecule has 0 amide bonds. The van der Waals surface area contributed by atoms with Crippen LogP contribution in [-0.2, 0) is 5.41 Å². The third-order valence-corrected chi connectivity index (χ3v) is 3.04. The second kappa shape index (κ2) is 5.34. The van der Waals surface area contributed by atoms with Gasteiger partial charge in [0, 0.05) is 11.4 Å². The molecule has 0 saturated heterocycles. The Morgan fingerprint density at radius 1 is 1.10 bits per heavy atom. The Balaban J connectivity index is 2.41. The lowest BCUT2D eigenvalue weighted by molar-refractivity contribution is 0.592. The lowest BCUT2D eigenvalue weighted by Gasteiger charge is -2.23. The van der Waals surface area contributed by atoms with Crippen molar-refractivity contribution in [1.82, 2.24) is 0 Å². The second-order valence-electron chi connectivity index (χ2n) is 5.76. The Kier molecular flexibility index (Phi) is 3.76. The molecular formula is C17H17FN2. The lowest BCUT2D eigenvalue weighted by Crippen LogP contribution is -2.13. The Bertz CT molecular complexity index is 663. The highest BCUT2D eigenvalue weighted by Crippen LogP contribution is 2.31. The molecule has 0 aliphatic rings. The molecule has 0 aliphatic carbocycles. The molecule has 0 bridgehead atoms. The van der Waals surface area contributed by atoms with Gasteiger partial charge in [0.05, 0.1) is 11.6 Å². The summed E-state index contributed by atoms with van der Waals surface area (Å²) in [6.45, 7) is 6.37. The number of anilines is 2. The standard InChI is InChI=1S/C17H17FN2/c1-17(2,3)15-6-4-5-7-16(15)20-14-9-12(11-19)8-13(18)10-14/h4-10,20H,1-3H3. The van der Waals surface area contributed by atoms with E-state index in [-0.39, 0.29) is 5.41 Å². The monoisotopic (exact) mass is 268 g/mol. The highest BCUT2D eigenvalue weighted by molar-refractivity contribution is 5.65. The van der Waals surface area contributed by atoms with E-state index in [2.05, 4.69) is 26.1 Å². The first-order valence-electron chi connectivity index (χ1n) is 6.47. The molecule has 0 unspecified atom stereocenters. The summed E-state index contributed by atoms with van der Waals surface area (Å²) in [5, 5.41) is 12.1. The summed E-state index contributed by atoms with van der Waals surface area (Å²) in [5.41, 5.74) is 2.94. The summed E-state index contributed by atoms with van der Waals surface area (Å²) in [5.74, 6) is -0.417. The molecule has 2 aromatic carbocycles. The van der Waals surface area contributed by atoms with E-state index in [4.69, 9.17) is 5.26 Å². The molecule has 0 radical (unpaired) electrons.